The average Bonchev–Trinajstić information content (AvgIpc) is 2.50. The highest BCUT2D eigenvalue weighted by atomic mass is 32.2. The summed E-state index contributed by atoms with van der Waals surface area (Å²) < 4.78 is 37.9. The van der Waals surface area contributed by atoms with E-state index in [4.69, 9.17) is 0 Å². The monoisotopic (exact) mass is 314 g/mol. The van der Waals surface area contributed by atoms with Gasteiger partial charge in [0.25, 0.3) is 0 Å². The van der Waals surface area contributed by atoms with E-state index >= 15 is 0 Å². The van der Waals surface area contributed by atoms with Gasteiger partial charge in [0.2, 0.25) is 10.0 Å². The lowest BCUT2D eigenvalue weighted by molar-refractivity contribution is 0.187. The molecule has 2 rings (SSSR count). The summed E-state index contributed by atoms with van der Waals surface area (Å²) in [5.74, 6) is -0.0237. The highest BCUT2D eigenvalue weighted by Gasteiger charge is 2.24. The molecule has 1 saturated heterocycles. The number of hydrogen-bond donors (Lipinski definition) is 0. The fraction of sp³-hybridized carbons (Fsp3) is 0.600. The Morgan fingerprint density at radius 1 is 1.10 bits per heavy atom. The van der Waals surface area contributed by atoms with E-state index in [1.54, 1.807) is 11.2 Å². The van der Waals surface area contributed by atoms with E-state index in [-0.39, 0.29) is 11.6 Å². The Balaban J connectivity index is 1.71. The number of halogens is 1. The maximum atomic E-state index is 12.8. The van der Waals surface area contributed by atoms with Crippen LogP contribution in [0.2, 0.25) is 0 Å². The van der Waals surface area contributed by atoms with E-state index in [0.717, 1.165) is 38.0 Å². The summed E-state index contributed by atoms with van der Waals surface area (Å²) >= 11 is 0. The zero-order valence-electron chi connectivity index (χ0n) is 12.5. The van der Waals surface area contributed by atoms with Crippen LogP contribution in [0, 0.1) is 5.82 Å². The quantitative estimate of drug-likeness (QED) is 0.803. The highest BCUT2D eigenvalue weighted by Crippen LogP contribution is 2.10. The van der Waals surface area contributed by atoms with Crippen LogP contribution in [0.5, 0.6) is 0 Å². The normalized spacial score (nSPS) is 18.0. The summed E-state index contributed by atoms with van der Waals surface area (Å²) in [6.07, 6.45) is 1.93. The van der Waals surface area contributed by atoms with Crippen LogP contribution in [-0.4, -0.2) is 56.1 Å². The van der Waals surface area contributed by atoms with Crippen molar-refractivity contribution in [3.05, 3.63) is 35.6 Å². The maximum absolute atomic E-state index is 12.8. The number of sulfonamides is 1. The smallest absolute Gasteiger partial charge is 0.213 e. The van der Waals surface area contributed by atoms with Crippen molar-refractivity contribution in [1.29, 1.82) is 0 Å². The number of rotatable bonds is 6. The molecule has 0 spiro atoms. The molecule has 21 heavy (non-hydrogen) atoms. The summed E-state index contributed by atoms with van der Waals surface area (Å²) in [6.45, 7) is 5.41. The van der Waals surface area contributed by atoms with Crippen molar-refractivity contribution in [3.8, 4) is 0 Å². The van der Waals surface area contributed by atoms with Gasteiger partial charge in [-0.15, -0.1) is 0 Å². The van der Waals surface area contributed by atoms with Gasteiger partial charge >= 0.3 is 0 Å². The lowest BCUT2D eigenvalue weighted by atomic mass is 10.1. The third kappa shape index (κ3) is 4.76. The lowest BCUT2D eigenvalue weighted by Gasteiger charge is -2.33. The minimum absolute atomic E-state index is 0.178. The molecule has 0 N–H and O–H groups in total. The topological polar surface area (TPSA) is 40.6 Å². The Hall–Kier alpha value is -0.980. The highest BCUT2D eigenvalue weighted by molar-refractivity contribution is 7.89. The summed E-state index contributed by atoms with van der Waals surface area (Å²) in [5, 5.41) is 0. The van der Waals surface area contributed by atoms with Gasteiger partial charge in [0.15, 0.2) is 0 Å². The van der Waals surface area contributed by atoms with E-state index in [2.05, 4.69) is 4.90 Å². The van der Waals surface area contributed by atoms with Crippen LogP contribution in [-0.2, 0) is 16.4 Å². The first kappa shape index (κ1) is 16.4. The Kier molecular flexibility index (Phi) is 5.72. The first-order valence-corrected chi connectivity index (χ1v) is 9.07. The molecule has 0 amide bonds. The molecule has 4 nitrogen and oxygen atoms in total. The van der Waals surface area contributed by atoms with Gasteiger partial charge in [-0.3, -0.25) is 0 Å². The van der Waals surface area contributed by atoms with E-state index in [0.29, 0.717) is 13.1 Å². The molecule has 1 heterocycles. The molecule has 1 aromatic rings. The predicted octanol–water partition coefficient (Wildman–Crippen LogP) is 1.73. The third-order valence-corrected chi connectivity index (χ3v) is 5.82. The van der Waals surface area contributed by atoms with Crippen LogP contribution in [0.3, 0.4) is 0 Å². The molecule has 6 heteroatoms. The standard InChI is InChI=1S/C15H23FN2O2S/c1-2-21(19,20)18-12-10-17(11-13-18)9-3-4-14-5-7-15(16)8-6-14/h5-8H,2-4,9-13H2,1H3. The Bertz CT molecular complexity index is 537. The molecule has 118 valence electrons. The zero-order chi connectivity index (χ0) is 15.3. The summed E-state index contributed by atoms with van der Waals surface area (Å²) in [6, 6.07) is 6.62. The molecule has 0 radical (unpaired) electrons. The molecular weight excluding hydrogens is 291 g/mol. The first-order chi connectivity index (χ1) is 10.0. The number of aryl methyl sites for hydroxylation is 1. The summed E-state index contributed by atoms with van der Waals surface area (Å²) in [7, 11) is -3.04. The molecule has 1 aromatic carbocycles. The van der Waals surface area contributed by atoms with Crippen molar-refractivity contribution >= 4 is 10.0 Å². The van der Waals surface area contributed by atoms with Crippen LogP contribution >= 0.6 is 0 Å². The van der Waals surface area contributed by atoms with Crippen molar-refractivity contribution in [2.45, 2.75) is 19.8 Å². The van der Waals surface area contributed by atoms with Gasteiger partial charge in [0.1, 0.15) is 5.82 Å². The number of benzene rings is 1. The molecule has 0 bridgehead atoms. The molecule has 0 unspecified atom stereocenters. The zero-order valence-corrected chi connectivity index (χ0v) is 13.3. The second kappa shape index (κ2) is 7.33. The van der Waals surface area contributed by atoms with E-state index in [9.17, 15) is 12.8 Å². The van der Waals surface area contributed by atoms with Crippen LogP contribution in [0.1, 0.15) is 18.9 Å². The molecular formula is C15H23FN2O2S. The van der Waals surface area contributed by atoms with Crippen molar-refractivity contribution in [1.82, 2.24) is 9.21 Å². The minimum Gasteiger partial charge on any atom is -0.301 e. The fourth-order valence-electron chi connectivity index (χ4n) is 2.57. The van der Waals surface area contributed by atoms with Gasteiger partial charge in [-0.1, -0.05) is 12.1 Å². The predicted molar refractivity (Wildman–Crippen MR) is 82.2 cm³/mol. The minimum atomic E-state index is -3.04. The lowest BCUT2D eigenvalue weighted by Crippen LogP contribution is -2.49. The molecule has 0 aromatic heterocycles. The first-order valence-electron chi connectivity index (χ1n) is 7.46. The van der Waals surface area contributed by atoms with Gasteiger partial charge in [-0.2, -0.15) is 4.31 Å². The van der Waals surface area contributed by atoms with Gasteiger partial charge in [-0.25, -0.2) is 12.8 Å². The molecule has 1 aliphatic rings. The van der Waals surface area contributed by atoms with Crippen LogP contribution in [0.15, 0.2) is 24.3 Å². The van der Waals surface area contributed by atoms with Crippen LogP contribution < -0.4 is 0 Å². The van der Waals surface area contributed by atoms with Crippen molar-refractivity contribution in [2.24, 2.45) is 0 Å². The molecule has 0 aliphatic carbocycles. The van der Waals surface area contributed by atoms with Crippen molar-refractivity contribution in [2.75, 3.05) is 38.5 Å². The maximum Gasteiger partial charge on any atom is 0.213 e. The van der Waals surface area contributed by atoms with E-state index in [1.165, 1.54) is 12.1 Å². The number of piperazine rings is 1. The Morgan fingerprint density at radius 3 is 2.29 bits per heavy atom. The van der Waals surface area contributed by atoms with Gasteiger partial charge < -0.3 is 4.90 Å². The second-order valence-corrected chi connectivity index (χ2v) is 7.63. The third-order valence-electron chi connectivity index (χ3n) is 3.94. The largest absolute Gasteiger partial charge is 0.301 e. The van der Waals surface area contributed by atoms with Gasteiger partial charge in [0.05, 0.1) is 5.75 Å². The molecule has 1 fully saturated rings. The summed E-state index contributed by atoms with van der Waals surface area (Å²) in [5.41, 5.74) is 1.14. The van der Waals surface area contributed by atoms with Gasteiger partial charge in [0, 0.05) is 26.2 Å². The van der Waals surface area contributed by atoms with E-state index in [1.807, 2.05) is 12.1 Å². The molecule has 0 saturated carbocycles. The Labute approximate surface area is 126 Å². The van der Waals surface area contributed by atoms with Gasteiger partial charge in [-0.05, 0) is 44.0 Å². The van der Waals surface area contributed by atoms with Crippen molar-refractivity contribution < 1.29 is 12.8 Å². The summed E-state index contributed by atoms with van der Waals surface area (Å²) in [4.78, 5) is 2.30. The van der Waals surface area contributed by atoms with E-state index < -0.39 is 10.0 Å². The number of hydrogen-bond acceptors (Lipinski definition) is 3. The fourth-order valence-corrected chi connectivity index (χ4v) is 3.66. The van der Waals surface area contributed by atoms with Crippen molar-refractivity contribution in [3.63, 3.8) is 0 Å². The Morgan fingerprint density at radius 2 is 1.71 bits per heavy atom. The molecule has 1 aliphatic heterocycles. The number of nitrogens with zero attached hydrogens (tertiary/aromatic N) is 2. The molecule has 0 atom stereocenters. The second-order valence-electron chi connectivity index (χ2n) is 5.37. The van der Waals surface area contributed by atoms with Crippen LogP contribution in [0.25, 0.3) is 0 Å². The SMILES string of the molecule is CCS(=O)(=O)N1CCN(CCCc2ccc(F)cc2)CC1. The average molecular weight is 314 g/mol. The van der Waals surface area contributed by atoms with Crippen LogP contribution in [0.4, 0.5) is 4.39 Å².